The van der Waals surface area contributed by atoms with E-state index in [1.54, 1.807) is 0 Å². The Hall–Kier alpha value is -0.580. The highest BCUT2D eigenvalue weighted by atomic mass is 79.9. The molecule has 2 fully saturated rings. The molecule has 3 nitrogen and oxygen atoms in total. The summed E-state index contributed by atoms with van der Waals surface area (Å²) < 4.78 is 1.11. The third-order valence-electron chi connectivity index (χ3n) is 4.77. The van der Waals surface area contributed by atoms with Crippen LogP contribution in [-0.2, 0) is 10.2 Å². The van der Waals surface area contributed by atoms with E-state index in [0.717, 1.165) is 24.1 Å². The van der Waals surface area contributed by atoms with Crippen molar-refractivity contribution in [2.45, 2.75) is 31.1 Å². The Balaban J connectivity index is 0.00000161. The molecule has 1 saturated heterocycles. The molecule has 2 aliphatic rings. The first kappa shape index (κ1) is 16.8. The lowest BCUT2D eigenvalue weighted by molar-refractivity contribution is -0.126. The zero-order valence-corrected chi connectivity index (χ0v) is 14.4. The normalized spacial score (nSPS) is 20.4. The topological polar surface area (TPSA) is 41.1 Å². The summed E-state index contributed by atoms with van der Waals surface area (Å²) in [5, 5.41) is 6.34. The molecule has 1 heterocycles. The largest absolute Gasteiger partial charge is 0.355 e. The molecule has 1 saturated carbocycles. The van der Waals surface area contributed by atoms with Crippen LogP contribution in [0.4, 0.5) is 0 Å². The van der Waals surface area contributed by atoms with E-state index < -0.39 is 0 Å². The summed E-state index contributed by atoms with van der Waals surface area (Å²) in [6.45, 7) is 2.44. The Labute approximate surface area is 140 Å². The smallest absolute Gasteiger partial charge is 0.225 e. The van der Waals surface area contributed by atoms with Gasteiger partial charge in [-0.1, -0.05) is 40.9 Å². The molecule has 1 aliphatic heterocycles. The van der Waals surface area contributed by atoms with Crippen LogP contribution in [0.15, 0.2) is 28.7 Å². The summed E-state index contributed by atoms with van der Waals surface area (Å²) in [7, 11) is 0. The van der Waals surface area contributed by atoms with Gasteiger partial charge in [0.2, 0.25) is 5.91 Å². The van der Waals surface area contributed by atoms with Gasteiger partial charge in [-0.3, -0.25) is 4.79 Å². The number of halogens is 2. The van der Waals surface area contributed by atoms with Gasteiger partial charge in [-0.15, -0.1) is 12.4 Å². The number of rotatable bonds is 4. The van der Waals surface area contributed by atoms with Gasteiger partial charge < -0.3 is 10.6 Å². The number of hydrogen-bond donors (Lipinski definition) is 2. The number of carbonyl (C=O) groups is 1. The standard InChI is InChI=1S/C16H21BrN2O.ClH/c17-14-5-3-13(4-6-14)16(7-1-2-8-16)11-19-15(20)12-9-18-10-12;/h3-6,12,18H,1-2,7-11H2,(H,19,20);1H. The number of benzene rings is 1. The van der Waals surface area contributed by atoms with Gasteiger partial charge in [0.05, 0.1) is 5.92 Å². The highest BCUT2D eigenvalue weighted by Crippen LogP contribution is 2.41. The Kier molecular flexibility index (Phi) is 5.69. The Bertz CT molecular complexity index is 482. The van der Waals surface area contributed by atoms with Crippen LogP contribution in [-0.4, -0.2) is 25.5 Å². The van der Waals surface area contributed by atoms with E-state index in [4.69, 9.17) is 0 Å². The van der Waals surface area contributed by atoms with E-state index in [9.17, 15) is 4.79 Å². The second kappa shape index (κ2) is 7.12. The maximum atomic E-state index is 12.1. The first-order valence-corrected chi connectivity index (χ1v) is 8.23. The van der Waals surface area contributed by atoms with Gasteiger partial charge in [0.15, 0.2) is 0 Å². The van der Waals surface area contributed by atoms with Crippen molar-refractivity contribution in [1.29, 1.82) is 0 Å². The van der Waals surface area contributed by atoms with Crippen molar-refractivity contribution < 1.29 is 4.79 Å². The van der Waals surface area contributed by atoms with Crippen molar-refractivity contribution in [3.63, 3.8) is 0 Å². The summed E-state index contributed by atoms with van der Waals surface area (Å²) in [4.78, 5) is 12.1. The van der Waals surface area contributed by atoms with E-state index in [1.165, 1.54) is 31.2 Å². The van der Waals surface area contributed by atoms with Gasteiger partial charge in [0.25, 0.3) is 0 Å². The first-order valence-electron chi connectivity index (χ1n) is 7.44. The molecule has 0 unspecified atom stereocenters. The average Bonchev–Trinajstić information content (AvgIpc) is 2.85. The molecule has 1 aliphatic carbocycles. The van der Waals surface area contributed by atoms with Crippen LogP contribution in [0.3, 0.4) is 0 Å². The number of carbonyl (C=O) groups excluding carboxylic acids is 1. The fourth-order valence-corrected chi connectivity index (χ4v) is 3.56. The quantitative estimate of drug-likeness (QED) is 0.852. The Morgan fingerprint density at radius 1 is 1.24 bits per heavy atom. The molecule has 0 aromatic heterocycles. The summed E-state index contributed by atoms with van der Waals surface area (Å²) >= 11 is 3.49. The van der Waals surface area contributed by atoms with E-state index >= 15 is 0 Å². The molecular weight excluding hydrogens is 352 g/mol. The maximum Gasteiger partial charge on any atom is 0.225 e. The average molecular weight is 374 g/mol. The predicted molar refractivity (Wildman–Crippen MR) is 90.9 cm³/mol. The summed E-state index contributed by atoms with van der Waals surface area (Å²) in [6, 6.07) is 8.61. The lowest BCUT2D eigenvalue weighted by Gasteiger charge is -2.32. The molecule has 0 radical (unpaired) electrons. The zero-order valence-electron chi connectivity index (χ0n) is 12.0. The van der Waals surface area contributed by atoms with Crippen LogP contribution in [0, 0.1) is 5.92 Å². The Morgan fingerprint density at radius 3 is 2.38 bits per heavy atom. The number of nitrogens with one attached hydrogen (secondary N) is 2. The molecule has 116 valence electrons. The number of amides is 1. The third-order valence-corrected chi connectivity index (χ3v) is 5.30. The van der Waals surface area contributed by atoms with Crippen LogP contribution >= 0.6 is 28.3 Å². The fraction of sp³-hybridized carbons (Fsp3) is 0.562. The van der Waals surface area contributed by atoms with E-state index in [2.05, 4.69) is 50.8 Å². The molecule has 1 aromatic carbocycles. The van der Waals surface area contributed by atoms with Gasteiger partial charge >= 0.3 is 0 Å². The van der Waals surface area contributed by atoms with Crippen LogP contribution < -0.4 is 10.6 Å². The van der Waals surface area contributed by atoms with Crippen molar-refractivity contribution in [2.24, 2.45) is 5.92 Å². The number of hydrogen-bond acceptors (Lipinski definition) is 2. The minimum atomic E-state index is 0. The Morgan fingerprint density at radius 2 is 1.86 bits per heavy atom. The zero-order chi connectivity index (χ0) is 14.0. The lowest BCUT2D eigenvalue weighted by atomic mass is 9.78. The van der Waals surface area contributed by atoms with E-state index in [1.807, 2.05) is 0 Å². The van der Waals surface area contributed by atoms with Crippen LogP contribution in [0.5, 0.6) is 0 Å². The fourth-order valence-electron chi connectivity index (χ4n) is 3.30. The van der Waals surface area contributed by atoms with Gasteiger partial charge in [0.1, 0.15) is 0 Å². The van der Waals surface area contributed by atoms with E-state index in [-0.39, 0.29) is 29.6 Å². The molecule has 21 heavy (non-hydrogen) atoms. The summed E-state index contributed by atoms with van der Waals surface area (Å²) in [6.07, 6.45) is 4.88. The predicted octanol–water partition coefficient (Wildman–Crippen LogP) is 3.02. The highest BCUT2D eigenvalue weighted by molar-refractivity contribution is 9.10. The van der Waals surface area contributed by atoms with Gasteiger partial charge in [0, 0.05) is 29.5 Å². The molecule has 0 bridgehead atoms. The van der Waals surface area contributed by atoms with Crippen molar-refractivity contribution in [1.82, 2.24) is 10.6 Å². The summed E-state index contributed by atoms with van der Waals surface area (Å²) in [5.41, 5.74) is 1.51. The van der Waals surface area contributed by atoms with Gasteiger partial charge in [-0.25, -0.2) is 0 Å². The monoisotopic (exact) mass is 372 g/mol. The lowest BCUT2D eigenvalue weighted by Crippen LogP contribution is -2.52. The minimum Gasteiger partial charge on any atom is -0.355 e. The first-order chi connectivity index (χ1) is 9.70. The van der Waals surface area contributed by atoms with Crippen molar-refractivity contribution >= 4 is 34.2 Å². The van der Waals surface area contributed by atoms with Gasteiger partial charge in [-0.2, -0.15) is 0 Å². The van der Waals surface area contributed by atoms with Crippen LogP contribution in [0.25, 0.3) is 0 Å². The van der Waals surface area contributed by atoms with Crippen molar-refractivity contribution in [3.05, 3.63) is 34.3 Å². The molecule has 2 N–H and O–H groups in total. The molecular formula is C16H22BrClN2O. The second-order valence-electron chi connectivity index (χ2n) is 6.07. The van der Waals surface area contributed by atoms with Crippen LogP contribution in [0.2, 0.25) is 0 Å². The van der Waals surface area contributed by atoms with Crippen molar-refractivity contribution in [3.8, 4) is 0 Å². The molecule has 1 amide bonds. The molecule has 5 heteroatoms. The van der Waals surface area contributed by atoms with Crippen molar-refractivity contribution in [2.75, 3.05) is 19.6 Å². The van der Waals surface area contributed by atoms with E-state index in [0.29, 0.717) is 0 Å². The molecule has 3 rings (SSSR count). The highest BCUT2D eigenvalue weighted by Gasteiger charge is 2.36. The molecule has 0 spiro atoms. The SMILES string of the molecule is Cl.O=C(NCC1(c2ccc(Br)cc2)CCCC1)C1CNC1. The molecule has 0 atom stereocenters. The maximum absolute atomic E-state index is 12.1. The van der Waals surface area contributed by atoms with Crippen LogP contribution in [0.1, 0.15) is 31.2 Å². The second-order valence-corrected chi connectivity index (χ2v) is 6.98. The minimum absolute atomic E-state index is 0. The molecule has 1 aromatic rings. The summed E-state index contributed by atoms with van der Waals surface area (Å²) in [5.74, 6) is 0.394. The van der Waals surface area contributed by atoms with Gasteiger partial charge in [-0.05, 0) is 30.5 Å². The third kappa shape index (κ3) is 3.61.